The zero-order valence-electron chi connectivity index (χ0n) is 14.7. The fraction of sp³-hybridized carbons (Fsp3) is 0.933. The van der Waals surface area contributed by atoms with Crippen molar-refractivity contribution in [1.29, 1.82) is 0 Å². The molecule has 7 nitrogen and oxygen atoms in total. The van der Waals surface area contributed by atoms with Crippen molar-refractivity contribution in [1.82, 2.24) is 15.5 Å². The maximum absolute atomic E-state index is 11.0. The van der Waals surface area contributed by atoms with E-state index in [9.17, 15) is 8.42 Å². The Kier molecular flexibility index (Phi) is 9.50. The van der Waals surface area contributed by atoms with E-state index < -0.39 is 9.84 Å². The lowest BCUT2D eigenvalue weighted by Gasteiger charge is -2.21. The molecule has 1 saturated heterocycles. The number of hydrogen-bond donors (Lipinski definition) is 2. The number of hydrogen-bond acceptors (Lipinski definition) is 5. The molecule has 1 rings (SSSR count). The Morgan fingerprint density at radius 2 is 2.09 bits per heavy atom. The minimum Gasteiger partial charge on any atom is -0.379 e. The first kappa shape index (κ1) is 20.2. The van der Waals surface area contributed by atoms with Gasteiger partial charge in [0.15, 0.2) is 5.96 Å². The van der Waals surface area contributed by atoms with Crippen molar-refractivity contribution in [3.8, 4) is 0 Å². The number of nitrogens with one attached hydrogen (secondary N) is 2. The molecule has 136 valence electrons. The molecular formula is C15H32N4O3S. The SMILES string of the molecule is CCNC(=NCC1CCCN1CC)NCCOCCS(C)(=O)=O. The summed E-state index contributed by atoms with van der Waals surface area (Å²) in [5.41, 5.74) is 0. The lowest BCUT2D eigenvalue weighted by molar-refractivity contribution is 0.154. The van der Waals surface area contributed by atoms with Gasteiger partial charge in [-0.3, -0.25) is 9.89 Å². The van der Waals surface area contributed by atoms with Crippen LogP contribution in [0.3, 0.4) is 0 Å². The highest BCUT2D eigenvalue weighted by Gasteiger charge is 2.22. The average molecular weight is 349 g/mol. The van der Waals surface area contributed by atoms with Gasteiger partial charge in [0.05, 0.1) is 25.5 Å². The first-order valence-electron chi connectivity index (χ1n) is 8.48. The Bertz CT molecular complexity index is 454. The number of likely N-dealkylation sites (N-methyl/N-ethyl adjacent to an activating group) is 1. The molecule has 0 aromatic rings. The number of guanidine groups is 1. The van der Waals surface area contributed by atoms with Crippen LogP contribution in [0.4, 0.5) is 0 Å². The molecule has 0 saturated carbocycles. The van der Waals surface area contributed by atoms with Gasteiger partial charge in [-0.05, 0) is 32.9 Å². The maximum Gasteiger partial charge on any atom is 0.191 e. The van der Waals surface area contributed by atoms with Crippen LogP contribution in [0.5, 0.6) is 0 Å². The quantitative estimate of drug-likeness (QED) is 0.331. The number of rotatable bonds is 10. The highest BCUT2D eigenvalue weighted by atomic mass is 32.2. The minimum absolute atomic E-state index is 0.0652. The van der Waals surface area contributed by atoms with Gasteiger partial charge in [0.25, 0.3) is 0 Å². The fourth-order valence-electron chi connectivity index (χ4n) is 2.61. The monoisotopic (exact) mass is 348 g/mol. The second-order valence-electron chi connectivity index (χ2n) is 5.81. The van der Waals surface area contributed by atoms with Crippen LogP contribution < -0.4 is 10.6 Å². The molecule has 1 unspecified atom stereocenters. The molecule has 1 aliphatic rings. The molecule has 0 spiro atoms. The molecule has 1 aliphatic heterocycles. The summed E-state index contributed by atoms with van der Waals surface area (Å²) in [6.45, 7) is 9.41. The van der Waals surface area contributed by atoms with Crippen molar-refractivity contribution in [2.45, 2.75) is 32.7 Å². The molecule has 0 bridgehead atoms. The van der Waals surface area contributed by atoms with Crippen LogP contribution in [-0.4, -0.2) is 83.3 Å². The van der Waals surface area contributed by atoms with Gasteiger partial charge in [-0.25, -0.2) is 8.42 Å². The van der Waals surface area contributed by atoms with E-state index in [1.54, 1.807) is 0 Å². The summed E-state index contributed by atoms with van der Waals surface area (Å²) in [5, 5.41) is 6.44. The number of nitrogens with zero attached hydrogens (tertiary/aromatic N) is 2. The lowest BCUT2D eigenvalue weighted by atomic mass is 10.2. The van der Waals surface area contributed by atoms with Crippen molar-refractivity contribution < 1.29 is 13.2 Å². The molecule has 0 aliphatic carbocycles. The topological polar surface area (TPSA) is 83.0 Å². The Balaban J connectivity index is 2.27. The summed E-state index contributed by atoms with van der Waals surface area (Å²) in [7, 11) is -2.95. The number of likely N-dealkylation sites (tertiary alicyclic amines) is 1. The third-order valence-corrected chi connectivity index (χ3v) is 4.76. The van der Waals surface area contributed by atoms with E-state index in [1.807, 2.05) is 6.92 Å². The molecule has 1 fully saturated rings. The Hall–Kier alpha value is -0.860. The molecule has 2 N–H and O–H groups in total. The van der Waals surface area contributed by atoms with E-state index >= 15 is 0 Å². The first-order valence-corrected chi connectivity index (χ1v) is 10.5. The van der Waals surface area contributed by atoms with Crippen molar-refractivity contribution >= 4 is 15.8 Å². The molecule has 0 amide bonds. The summed E-state index contributed by atoms with van der Waals surface area (Å²) in [5.74, 6) is 0.859. The zero-order valence-corrected chi connectivity index (χ0v) is 15.5. The molecule has 0 radical (unpaired) electrons. The molecule has 0 aromatic heterocycles. The molecule has 1 atom stereocenters. The summed E-state index contributed by atoms with van der Waals surface area (Å²) in [6.07, 6.45) is 3.69. The van der Waals surface area contributed by atoms with Gasteiger partial charge >= 0.3 is 0 Å². The smallest absolute Gasteiger partial charge is 0.191 e. The van der Waals surface area contributed by atoms with Gasteiger partial charge in [-0.1, -0.05) is 6.92 Å². The van der Waals surface area contributed by atoms with E-state index in [0.29, 0.717) is 19.2 Å². The molecular weight excluding hydrogens is 316 g/mol. The second-order valence-corrected chi connectivity index (χ2v) is 8.07. The third-order valence-electron chi connectivity index (χ3n) is 3.85. The molecule has 8 heteroatoms. The molecule has 0 aromatic carbocycles. The average Bonchev–Trinajstić information content (AvgIpc) is 2.94. The van der Waals surface area contributed by atoms with Crippen LogP contribution >= 0.6 is 0 Å². The van der Waals surface area contributed by atoms with E-state index in [1.165, 1.54) is 25.6 Å². The predicted octanol–water partition coefficient (Wildman–Crippen LogP) is 0.0870. The van der Waals surface area contributed by atoms with E-state index in [2.05, 4.69) is 27.4 Å². The number of aliphatic imine (C=N–C) groups is 1. The highest BCUT2D eigenvalue weighted by Crippen LogP contribution is 2.16. The lowest BCUT2D eigenvalue weighted by Crippen LogP contribution is -2.40. The van der Waals surface area contributed by atoms with E-state index in [0.717, 1.165) is 25.6 Å². The highest BCUT2D eigenvalue weighted by molar-refractivity contribution is 7.90. The van der Waals surface area contributed by atoms with Gasteiger partial charge in [-0.2, -0.15) is 0 Å². The van der Waals surface area contributed by atoms with Crippen LogP contribution in [0.2, 0.25) is 0 Å². The van der Waals surface area contributed by atoms with Gasteiger partial charge in [0.2, 0.25) is 0 Å². The van der Waals surface area contributed by atoms with Crippen LogP contribution in [0.15, 0.2) is 4.99 Å². The third kappa shape index (κ3) is 9.12. The van der Waals surface area contributed by atoms with E-state index in [4.69, 9.17) is 4.74 Å². The van der Waals surface area contributed by atoms with Gasteiger partial charge in [0, 0.05) is 25.4 Å². The van der Waals surface area contributed by atoms with Crippen LogP contribution in [-0.2, 0) is 14.6 Å². The zero-order chi connectivity index (χ0) is 17.1. The summed E-state index contributed by atoms with van der Waals surface area (Å²) < 4.78 is 27.3. The first-order chi connectivity index (χ1) is 11.0. The van der Waals surface area contributed by atoms with Crippen LogP contribution in [0, 0.1) is 0 Å². The number of sulfone groups is 1. The maximum atomic E-state index is 11.0. The Morgan fingerprint density at radius 1 is 1.30 bits per heavy atom. The van der Waals surface area contributed by atoms with Gasteiger partial charge in [-0.15, -0.1) is 0 Å². The van der Waals surface area contributed by atoms with Gasteiger partial charge < -0.3 is 15.4 Å². The normalized spacial score (nSPS) is 20.0. The Morgan fingerprint density at radius 3 is 2.74 bits per heavy atom. The van der Waals surface area contributed by atoms with E-state index in [-0.39, 0.29) is 12.4 Å². The second kappa shape index (κ2) is 10.8. The molecule has 23 heavy (non-hydrogen) atoms. The van der Waals surface area contributed by atoms with Crippen molar-refractivity contribution in [2.24, 2.45) is 4.99 Å². The Labute approximate surface area is 140 Å². The summed E-state index contributed by atoms with van der Waals surface area (Å²) >= 11 is 0. The predicted molar refractivity (Wildman–Crippen MR) is 94.8 cm³/mol. The minimum atomic E-state index is -2.95. The fourth-order valence-corrected chi connectivity index (χ4v) is 3.03. The summed E-state index contributed by atoms with van der Waals surface area (Å²) in [4.78, 5) is 7.13. The van der Waals surface area contributed by atoms with Crippen molar-refractivity contribution in [3.05, 3.63) is 0 Å². The van der Waals surface area contributed by atoms with Gasteiger partial charge in [0.1, 0.15) is 9.84 Å². The standard InChI is InChI=1S/C15H32N4O3S/c1-4-16-15(17-8-10-22-11-12-23(3,20)21)18-13-14-7-6-9-19(14)5-2/h14H,4-13H2,1-3H3,(H2,16,17,18). The van der Waals surface area contributed by atoms with Crippen LogP contribution in [0.1, 0.15) is 26.7 Å². The van der Waals surface area contributed by atoms with Crippen molar-refractivity contribution in [2.75, 3.05) is 57.9 Å². The van der Waals surface area contributed by atoms with Crippen LogP contribution in [0.25, 0.3) is 0 Å². The molecule has 1 heterocycles. The number of ether oxygens (including phenoxy) is 1. The van der Waals surface area contributed by atoms with Crippen molar-refractivity contribution in [3.63, 3.8) is 0 Å². The largest absolute Gasteiger partial charge is 0.379 e. The summed E-state index contributed by atoms with van der Waals surface area (Å²) in [6, 6.07) is 0.543.